The van der Waals surface area contributed by atoms with Crippen molar-refractivity contribution in [3.63, 3.8) is 0 Å². The lowest BCUT2D eigenvalue weighted by Gasteiger charge is -2.52. The second-order valence-corrected chi connectivity index (χ2v) is 15.4. The summed E-state index contributed by atoms with van der Waals surface area (Å²) in [5, 5.41) is 23.6. The summed E-state index contributed by atoms with van der Waals surface area (Å²) in [6, 6.07) is 0.406. The fraction of sp³-hybridized carbons (Fsp3) is 0.639. The van der Waals surface area contributed by atoms with Crippen LogP contribution in [0.4, 0.5) is 10.5 Å². The van der Waals surface area contributed by atoms with Crippen molar-refractivity contribution in [2.75, 3.05) is 73.4 Å². The van der Waals surface area contributed by atoms with Crippen molar-refractivity contribution in [1.29, 1.82) is 0 Å². The quantitative estimate of drug-likeness (QED) is 0.105. The fourth-order valence-corrected chi connectivity index (χ4v) is 7.77. The van der Waals surface area contributed by atoms with Gasteiger partial charge in [-0.15, -0.1) is 0 Å². The highest BCUT2D eigenvalue weighted by Gasteiger charge is 2.69. The van der Waals surface area contributed by atoms with Crippen LogP contribution < -0.4 is 10.6 Å². The minimum Gasteiger partial charge on any atom is -0.507 e. The number of ether oxygens (including phenoxy) is 4. The molecule has 3 aliphatic rings. The van der Waals surface area contributed by atoms with Crippen LogP contribution in [-0.2, 0) is 55.9 Å². The van der Waals surface area contributed by atoms with Crippen molar-refractivity contribution in [2.45, 2.75) is 51.8 Å². The maximum Gasteiger partial charge on any atom is 0.412 e. The number of rotatable bonds is 13. The van der Waals surface area contributed by atoms with Crippen molar-refractivity contribution in [2.24, 2.45) is 34.8 Å². The number of aliphatic hydroxyl groups is 1. The van der Waals surface area contributed by atoms with Crippen LogP contribution in [0.15, 0.2) is 6.07 Å². The Morgan fingerprint density at radius 2 is 1.68 bits per heavy atom. The first-order valence-electron chi connectivity index (χ1n) is 17.2. The number of esters is 1. The molecule has 292 valence electrons. The number of nitrogens with zero attached hydrogens (tertiary/aromatic N) is 3. The second-order valence-electron chi connectivity index (χ2n) is 15.4. The number of methoxy groups -OCH3 is 1. The summed E-state index contributed by atoms with van der Waals surface area (Å²) in [6.07, 6.45) is -0.904. The van der Waals surface area contributed by atoms with Gasteiger partial charge in [-0.05, 0) is 49.9 Å². The molecule has 0 aliphatic heterocycles. The van der Waals surface area contributed by atoms with E-state index in [4.69, 9.17) is 24.7 Å². The topological polar surface area (TPSA) is 233 Å². The molecule has 0 bridgehead atoms. The van der Waals surface area contributed by atoms with E-state index >= 15 is 0 Å². The molecule has 2 amide bonds. The number of aromatic hydroxyl groups is 1. The normalized spacial score (nSPS) is 25.4. The van der Waals surface area contributed by atoms with Gasteiger partial charge in [0.15, 0.2) is 34.7 Å². The highest BCUT2D eigenvalue weighted by atomic mass is 16.7. The Bertz CT molecular complexity index is 1670. The number of primary amides is 1. The van der Waals surface area contributed by atoms with Gasteiger partial charge in [-0.3, -0.25) is 28.9 Å². The molecule has 17 heteroatoms. The van der Waals surface area contributed by atoms with Gasteiger partial charge in [-0.1, -0.05) is 20.8 Å². The number of likely N-dealkylation sites (N-methyl/N-ethyl adjacent to an activating group) is 1. The van der Waals surface area contributed by atoms with Crippen LogP contribution >= 0.6 is 0 Å². The predicted octanol–water partition coefficient (Wildman–Crippen LogP) is 0.0814. The Hall–Kier alpha value is -4.45. The molecule has 1 aromatic rings. The zero-order chi connectivity index (χ0) is 39.7. The van der Waals surface area contributed by atoms with E-state index in [-0.39, 0.29) is 56.9 Å². The number of fused-ring (bicyclic) bond motifs is 3. The third-order valence-corrected chi connectivity index (χ3v) is 9.94. The Kier molecular flexibility index (Phi) is 12.4. The van der Waals surface area contributed by atoms with Crippen LogP contribution in [0.3, 0.4) is 0 Å². The van der Waals surface area contributed by atoms with Crippen LogP contribution in [0.2, 0.25) is 0 Å². The number of nitrogens with two attached hydrogens (primary N) is 1. The van der Waals surface area contributed by atoms with Gasteiger partial charge in [-0.2, -0.15) is 0 Å². The zero-order valence-electron chi connectivity index (χ0n) is 31.4. The van der Waals surface area contributed by atoms with Crippen molar-refractivity contribution in [1.82, 2.24) is 9.80 Å². The van der Waals surface area contributed by atoms with Gasteiger partial charge in [0.1, 0.15) is 12.4 Å². The smallest absolute Gasteiger partial charge is 0.412 e. The Morgan fingerprint density at radius 3 is 2.25 bits per heavy atom. The Morgan fingerprint density at radius 1 is 1.02 bits per heavy atom. The van der Waals surface area contributed by atoms with Gasteiger partial charge >= 0.3 is 12.1 Å². The van der Waals surface area contributed by atoms with E-state index in [1.165, 1.54) is 31.0 Å². The maximum absolute atomic E-state index is 14.4. The number of phenolic OH excluding ortho intramolecular Hbond substituents is 1. The number of hydrogen-bond donors (Lipinski definition) is 3. The summed E-state index contributed by atoms with van der Waals surface area (Å²) in [6.45, 7) is 4.77. The molecular formula is C36H50N4O13. The summed E-state index contributed by atoms with van der Waals surface area (Å²) in [7, 11) is 7.95. The lowest BCUT2D eigenvalue weighted by Crippen LogP contribution is -2.74. The molecule has 0 radical (unpaired) electrons. The molecule has 4 rings (SSSR count). The van der Waals surface area contributed by atoms with Gasteiger partial charge in [0.2, 0.25) is 12.7 Å². The van der Waals surface area contributed by atoms with E-state index in [2.05, 4.69) is 0 Å². The highest BCUT2D eigenvalue weighted by molar-refractivity contribution is 6.32. The van der Waals surface area contributed by atoms with E-state index in [0.29, 0.717) is 11.3 Å². The molecule has 6 atom stereocenters. The third-order valence-electron chi connectivity index (χ3n) is 9.94. The zero-order valence-corrected chi connectivity index (χ0v) is 31.4. The molecule has 0 heterocycles. The van der Waals surface area contributed by atoms with E-state index in [1.54, 1.807) is 25.1 Å². The third kappa shape index (κ3) is 8.07. The number of hydrogen-bond acceptors (Lipinski definition) is 15. The van der Waals surface area contributed by atoms with Crippen LogP contribution in [0.25, 0.3) is 0 Å². The summed E-state index contributed by atoms with van der Waals surface area (Å²) < 4.78 is 20.1. The van der Waals surface area contributed by atoms with E-state index in [1.807, 2.05) is 20.8 Å². The molecule has 4 N–H and O–H groups in total. The standard InChI is InChI=1S/C36H50N4O13/c1-35(2,3)16-40(34(48)53-17-52-23(41)15-51-10-9-50-8)14-19-13-22(38(4)5)20-11-18-12-21-27(39(6)7)30(44)26(33(37)47)32(46)36(21,49)31(45)24(18)29(43)25(20)28(19)42/h13,18,21,24,26-27,42,49H,9-12,14-17H2,1-8H3,(H2,37,47)/t18-,21-,24?,26?,27-,36-/m0/s1. The van der Waals surface area contributed by atoms with Crippen LogP contribution in [0, 0.1) is 29.1 Å². The van der Waals surface area contributed by atoms with Gasteiger partial charge in [0.05, 0.1) is 37.3 Å². The first kappa shape index (κ1) is 41.3. The molecule has 2 unspecified atom stereocenters. The predicted molar refractivity (Wildman–Crippen MR) is 186 cm³/mol. The van der Waals surface area contributed by atoms with Gasteiger partial charge in [0.25, 0.3) is 0 Å². The van der Waals surface area contributed by atoms with E-state index in [9.17, 15) is 43.8 Å². The second kappa shape index (κ2) is 15.9. The molecule has 17 nitrogen and oxygen atoms in total. The van der Waals surface area contributed by atoms with Crippen molar-refractivity contribution in [3.8, 4) is 5.75 Å². The van der Waals surface area contributed by atoms with Crippen molar-refractivity contribution >= 4 is 46.8 Å². The maximum atomic E-state index is 14.4. The lowest BCUT2D eigenvalue weighted by atomic mass is 9.52. The van der Waals surface area contributed by atoms with Crippen molar-refractivity contribution < 1.29 is 62.7 Å². The molecular weight excluding hydrogens is 696 g/mol. The molecule has 2 fully saturated rings. The Labute approximate surface area is 307 Å². The average molecular weight is 747 g/mol. The summed E-state index contributed by atoms with van der Waals surface area (Å²) in [5.74, 6) is -12.4. The number of anilines is 1. The van der Waals surface area contributed by atoms with E-state index < -0.39 is 94.4 Å². The number of carbonyl (C=O) groups is 7. The van der Waals surface area contributed by atoms with Crippen LogP contribution in [0.5, 0.6) is 5.75 Å². The number of carbonyl (C=O) groups excluding carboxylic acids is 7. The first-order valence-corrected chi connectivity index (χ1v) is 17.2. The fourth-order valence-electron chi connectivity index (χ4n) is 7.77. The largest absolute Gasteiger partial charge is 0.507 e. The number of phenols is 1. The van der Waals surface area contributed by atoms with Gasteiger partial charge in [0, 0.05) is 44.9 Å². The number of benzene rings is 1. The molecule has 53 heavy (non-hydrogen) atoms. The van der Waals surface area contributed by atoms with Crippen molar-refractivity contribution in [3.05, 3.63) is 22.8 Å². The summed E-state index contributed by atoms with van der Waals surface area (Å²) in [5.41, 5.74) is 2.91. The van der Waals surface area contributed by atoms with Gasteiger partial charge < -0.3 is 44.7 Å². The molecule has 1 aromatic carbocycles. The monoisotopic (exact) mass is 746 g/mol. The number of amides is 2. The van der Waals surface area contributed by atoms with E-state index in [0.717, 1.165) is 0 Å². The van der Waals surface area contributed by atoms with Crippen LogP contribution in [0.1, 0.15) is 48.7 Å². The van der Waals surface area contributed by atoms with Crippen LogP contribution in [-0.4, -0.2) is 141 Å². The summed E-state index contributed by atoms with van der Waals surface area (Å²) in [4.78, 5) is 97.7. The minimum absolute atomic E-state index is 0.0709. The van der Waals surface area contributed by atoms with Gasteiger partial charge in [-0.25, -0.2) is 9.59 Å². The molecule has 2 saturated carbocycles. The number of ketones is 4. The Balaban J connectivity index is 1.69. The molecule has 3 aliphatic carbocycles. The minimum atomic E-state index is -2.86. The lowest BCUT2D eigenvalue weighted by molar-refractivity contribution is -0.181. The SMILES string of the molecule is COCCOCC(=O)OCOC(=O)N(Cc1cc(N(C)C)c2c(c1O)C(=O)C1C(=O)[C@]3(O)C(=O)C(C(N)=O)C(=O)[C@@H](N(C)C)[C@@H]3C[C@@H]1C2)CC(C)(C)C. The highest BCUT2D eigenvalue weighted by Crippen LogP contribution is 2.52. The first-order chi connectivity index (χ1) is 24.7. The molecule has 0 aromatic heterocycles. The molecule has 0 spiro atoms. The average Bonchev–Trinajstić information content (AvgIpc) is 3.04. The number of Topliss-reactive ketones (excluding diaryl/α,β-unsaturated/α-hetero) is 4. The summed E-state index contributed by atoms with van der Waals surface area (Å²) >= 11 is 0. The molecule has 0 saturated heterocycles.